The molecule has 0 atom stereocenters. The van der Waals surface area contributed by atoms with Crippen LogP contribution in [0, 0.1) is 5.41 Å². The van der Waals surface area contributed by atoms with Gasteiger partial charge in [0.15, 0.2) is 0 Å². The number of nitrogens with one attached hydrogen (secondary N) is 1. The number of hydrogen-bond donors (Lipinski definition) is 3. The number of para-hydroxylation sites is 1. The van der Waals surface area contributed by atoms with E-state index in [9.17, 15) is 9.90 Å². The third kappa shape index (κ3) is 2.54. The van der Waals surface area contributed by atoms with Gasteiger partial charge in [-0.2, -0.15) is 0 Å². The molecule has 0 amide bonds. The summed E-state index contributed by atoms with van der Waals surface area (Å²) in [4.78, 5) is 17.2. The lowest BCUT2D eigenvalue weighted by Gasteiger charge is -2.18. The van der Waals surface area contributed by atoms with Crippen molar-refractivity contribution in [2.24, 2.45) is 0 Å². The molecule has 0 spiro atoms. The van der Waals surface area contributed by atoms with Crippen LogP contribution in [0.4, 0.5) is 5.69 Å². The van der Waals surface area contributed by atoms with Crippen LogP contribution in [0.3, 0.4) is 0 Å². The second kappa shape index (κ2) is 5.71. The van der Waals surface area contributed by atoms with E-state index in [1.54, 1.807) is 17.0 Å². The van der Waals surface area contributed by atoms with E-state index in [0.717, 1.165) is 10.2 Å². The molecule has 0 saturated heterocycles. The molecular weight excluding hydrogens is 338 g/mol. The summed E-state index contributed by atoms with van der Waals surface area (Å²) in [6.45, 7) is 0.118. The van der Waals surface area contributed by atoms with Gasteiger partial charge < -0.3 is 15.1 Å². The second-order valence-corrected chi connectivity index (χ2v) is 6.63. The molecule has 3 N–H and O–H groups in total. The van der Waals surface area contributed by atoms with E-state index < -0.39 is 5.97 Å². The standard InChI is InChI=1S/C18H13N3O3S/c19-16-15(17-20-12-6-1-2-7-14(12)25-17)13(22)9-21(16)11-5-3-4-10(8-11)18(23)24/h1-8,19,22H,9H2,(H,23,24). The predicted octanol–water partition coefficient (Wildman–Crippen LogP) is 3.76. The molecule has 2 heterocycles. The first kappa shape index (κ1) is 15.3. The number of nitrogens with zero attached hydrogens (tertiary/aromatic N) is 2. The lowest BCUT2D eigenvalue weighted by Crippen LogP contribution is -2.26. The molecule has 0 bridgehead atoms. The average molecular weight is 351 g/mol. The Morgan fingerprint density at radius 2 is 2.00 bits per heavy atom. The highest BCUT2D eigenvalue weighted by Gasteiger charge is 2.31. The Labute approximate surface area is 146 Å². The number of carbonyl (C=O) groups is 1. The number of fused-ring (bicyclic) bond motifs is 1. The topological polar surface area (TPSA) is 97.5 Å². The molecule has 0 unspecified atom stereocenters. The zero-order valence-corrected chi connectivity index (χ0v) is 13.7. The van der Waals surface area contributed by atoms with Gasteiger partial charge >= 0.3 is 5.97 Å². The van der Waals surface area contributed by atoms with E-state index in [2.05, 4.69) is 4.98 Å². The summed E-state index contributed by atoms with van der Waals surface area (Å²) < 4.78 is 0.983. The van der Waals surface area contributed by atoms with Crippen LogP contribution >= 0.6 is 11.3 Å². The van der Waals surface area contributed by atoms with Gasteiger partial charge in [0.05, 0.1) is 27.9 Å². The number of aliphatic hydroxyl groups excluding tert-OH is 1. The Morgan fingerprint density at radius 1 is 1.20 bits per heavy atom. The Kier molecular flexibility index (Phi) is 3.51. The molecule has 0 aliphatic carbocycles. The summed E-state index contributed by atoms with van der Waals surface area (Å²) in [7, 11) is 0. The second-order valence-electron chi connectivity index (χ2n) is 5.60. The summed E-state index contributed by atoms with van der Waals surface area (Å²) >= 11 is 1.42. The molecule has 1 aliphatic heterocycles. The predicted molar refractivity (Wildman–Crippen MR) is 97.6 cm³/mol. The first-order chi connectivity index (χ1) is 12.0. The van der Waals surface area contributed by atoms with Gasteiger partial charge in [-0.15, -0.1) is 11.3 Å². The van der Waals surface area contributed by atoms with Crippen LogP contribution in [0.5, 0.6) is 0 Å². The average Bonchev–Trinajstić information content (AvgIpc) is 3.15. The van der Waals surface area contributed by atoms with Crippen molar-refractivity contribution in [3.63, 3.8) is 0 Å². The van der Waals surface area contributed by atoms with Crippen LogP contribution in [-0.4, -0.2) is 33.5 Å². The van der Waals surface area contributed by atoms with E-state index in [0.29, 0.717) is 16.3 Å². The fraction of sp³-hybridized carbons (Fsp3) is 0.0556. The van der Waals surface area contributed by atoms with Crippen LogP contribution in [0.25, 0.3) is 15.8 Å². The number of carboxylic acids is 1. The van der Waals surface area contributed by atoms with E-state index in [1.165, 1.54) is 23.5 Å². The largest absolute Gasteiger partial charge is 0.510 e. The summed E-state index contributed by atoms with van der Waals surface area (Å²) in [5.74, 6) is -0.861. The molecule has 124 valence electrons. The van der Waals surface area contributed by atoms with Crippen molar-refractivity contribution in [3.05, 3.63) is 64.9 Å². The molecule has 0 saturated carbocycles. The van der Waals surface area contributed by atoms with Crippen LogP contribution in [-0.2, 0) is 0 Å². The van der Waals surface area contributed by atoms with E-state index >= 15 is 0 Å². The third-order valence-corrected chi connectivity index (χ3v) is 5.07. The van der Waals surface area contributed by atoms with Crippen LogP contribution < -0.4 is 4.90 Å². The van der Waals surface area contributed by atoms with E-state index in [-0.39, 0.29) is 23.7 Å². The SMILES string of the molecule is N=C1C(c2nc3ccccc3s2)=C(O)CN1c1cccc(C(=O)O)c1. The fourth-order valence-electron chi connectivity index (χ4n) is 2.81. The number of aliphatic hydroxyl groups is 1. The number of hydrogen-bond acceptors (Lipinski definition) is 5. The number of thiazole rings is 1. The Balaban J connectivity index is 1.72. The van der Waals surface area contributed by atoms with Gasteiger partial charge in [0, 0.05) is 5.69 Å². The number of carboxylic acid groups (broad SMARTS) is 1. The molecule has 1 aromatic heterocycles. The molecule has 25 heavy (non-hydrogen) atoms. The number of aromatic carboxylic acids is 1. The first-order valence-electron chi connectivity index (χ1n) is 7.52. The van der Waals surface area contributed by atoms with Gasteiger partial charge in [-0.1, -0.05) is 18.2 Å². The minimum Gasteiger partial charge on any atom is -0.510 e. The fourth-order valence-corrected chi connectivity index (χ4v) is 3.84. The van der Waals surface area contributed by atoms with Gasteiger partial charge in [-0.25, -0.2) is 9.78 Å². The van der Waals surface area contributed by atoms with Crippen molar-refractivity contribution < 1.29 is 15.0 Å². The van der Waals surface area contributed by atoms with E-state index in [1.807, 2.05) is 24.3 Å². The van der Waals surface area contributed by atoms with Gasteiger partial charge in [0.1, 0.15) is 16.6 Å². The van der Waals surface area contributed by atoms with Crippen molar-refractivity contribution in [2.45, 2.75) is 0 Å². The maximum Gasteiger partial charge on any atom is 0.335 e. The number of aromatic nitrogens is 1. The number of amidine groups is 1. The summed E-state index contributed by atoms with van der Waals surface area (Å²) in [6.07, 6.45) is 0. The van der Waals surface area contributed by atoms with Gasteiger partial charge in [0.2, 0.25) is 0 Å². The molecule has 4 rings (SSSR count). The lowest BCUT2D eigenvalue weighted by molar-refractivity contribution is 0.0697. The maximum absolute atomic E-state index is 11.2. The van der Waals surface area contributed by atoms with Crippen molar-refractivity contribution in [2.75, 3.05) is 11.4 Å². The Morgan fingerprint density at radius 3 is 2.76 bits per heavy atom. The van der Waals surface area contributed by atoms with Crippen LogP contribution in [0.1, 0.15) is 15.4 Å². The number of benzene rings is 2. The molecule has 3 aromatic rings. The van der Waals surface area contributed by atoms with Crippen LogP contribution in [0.2, 0.25) is 0 Å². The van der Waals surface area contributed by atoms with Crippen molar-refractivity contribution in [3.8, 4) is 0 Å². The van der Waals surface area contributed by atoms with Crippen LogP contribution in [0.15, 0.2) is 54.3 Å². The lowest BCUT2D eigenvalue weighted by atomic mass is 10.2. The Hall–Kier alpha value is -3.19. The van der Waals surface area contributed by atoms with Gasteiger partial charge in [-0.05, 0) is 30.3 Å². The normalized spacial score (nSPS) is 14.6. The molecule has 0 radical (unpaired) electrons. The first-order valence-corrected chi connectivity index (χ1v) is 8.34. The Bertz CT molecular complexity index is 1020. The summed E-state index contributed by atoms with van der Waals surface area (Å²) in [6, 6.07) is 14.0. The zero-order valence-electron chi connectivity index (χ0n) is 12.9. The highest BCUT2D eigenvalue weighted by Crippen LogP contribution is 2.35. The quantitative estimate of drug-likeness (QED) is 0.667. The van der Waals surface area contributed by atoms with Crippen molar-refractivity contribution in [1.29, 1.82) is 5.41 Å². The molecule has 6 nitrogen and oxygen atoms in total. The minimum atomic E-state index is -1.03. The highest BCUT2D eigenvalue weighted by atomic mass is 32.1. The summed E-state index contributed by atoms with van der Waals surface area (Å²) in [5, 5.41) is 28.6. The molecule has 2 aromatic carbocycles. The molecule has 0 fully saturated rings. The zero-order chi connectivity index (χ0) is 17.6. The van der Waals surface area contributed by atoms with Gasteiger partial charge in [-0.3, -0.25) is 5.41 Å². The molecular formula is C18H13N3O3S. The number of anilines is 1. The number of rotatable bonds is 3. The minimum absolute atomic E-state index is 0.0600. The smallest absolute Gasteiger partial charge is 0.335 e. The van der Waals surface area contributed by atoms with E-state index in [4.69, 9.17) is 10.5 Å². The van der Waals surface area contributed by atoms with Crippen molar-refractivity contribution in [1.82, 2.24) is 4.98 Å². The van der Waals surface area contributed by atoms with Crippen molar-refractivity contribution >= 4 is 44.6 Å². The summed E-state index contributed by atoms with van der Waals surface area (Å²) in [5.41, 5.74) is 1.90. The maximum atomic E-state index is 11.2. The molecule has 1 aliphatic rings. The molecule has 7 heteroatoms. The highest BCUT2D eigenvalue weighted by molar-refractivity contribution is 7.19. The van der Waals surface area contributed by atoms with Gasteiger partial charge in [0.25, 0.3) is 0 Å². The monoisotopic (exact) mass is 351 g/mol. The third-order valence-electron chi connectivity index (χ3n) is 4.02.